The van der Waals surface area contributed by atoms with Crippen LogP contribution in [0, 0.1) is 0 Å². The van der Waals surface area contributed by atoms with Gasteiger partial charge in [-0.15, -0.1) is 0 Å². The molecular formula is C35H55NO2. The number of hydrogen-bond donors (Lipinski definition) is 0. The molecule has 0 aromatic heterocycles. The molecule has 0 heterocycles. The Labute approximate surface area is 234 Å². The van der Waals surface area contributed by atoms with E-state index in [-0.39, 0.29) is 27.7 Å². The van der Waals surface area contributed by atoms with Crippen molar-refractivity contribution in [2.75, 3.05) is 14.2 Å². The molecule has 0 unspecified atom stereocenters. The summed E-state index contributed by atoms with van der Waals surface area (Å²) in [6.45, 7) is 29.4. The van der Waals surface area contributed by atoms with Crippen molar-refractivity contribution >= 4 is 6.21 Å². The van der Waals surface area contributed by atoms with E-state index in [9.17, 15) is 0 Å². The van der Waals surface area contributed by atoms with E-state index in [1.165, 1.54) is 33.4 Å². The number of hydrogen-bond acceptors (Lipinski definition) is 3. The molecule has 0 amide bonds. The van der Waals surface area contributed by atoms with Crippen LogP contribution in [-0.4, -0.2) is 20.4 Å². The Hall–Kier alpha value is -2.29. The van der Waals surface area contributed by atoms with Gasteiger partial charge in [0, 0.05) is 22.3 Å². The van der Waals surface area contributed by atoms with Gasteiger partial charge in [-0.2, -0.15) is 0 Å². The summed E-state index contributed by atoms with van der Waals surface area (Å²) in [5.41, 5.74) is 6.99. The maximum atomic E-state index is 6.07. The number of benzene rings is 2. The number of aliphatic imine (C=N–C) groups is 1. The minimum atomic E-state index is -0.122. The lowest BCUT2D eigenvalue weighted by atomic mass is 9.75. The van der Waals surface area contributed by atoms with Gasteiger partial charge in [-0.1, -0.05) is 96.4 Å². The van der Waals surface area contributed by atoms with Crippen molar-refractivity contribution in [3.63, 3.8) is 0 Å². The highest BCUT2D eigenvalue weighted by molar-refractivity contribution is 5.61. The standard InChI is InChI=1S/C35H55NO2/c1-16-17-18-36-29(23-19-25(32(2,3)4)30(37-14)26(20-23)33(5,6)7)24-21-27(34(8,9)10)31(38-15)28(22-24)35(11,12)13/h18-22,29H,16-17H2,1-15H3. The molecule has 3 heteroatoms. The third-order valence-corrected chi connectivity index (χ3v) is 7.17. The van der Waals surface area contributed by atoms with E-state index in [0.29, 0.717) is 0 Å². The normalized spacial score (nSPS) is 13.5. The highest BCUT2D eigenvalue weighted by atomic mass is 16.5. The predicted octanol–water partition coefficient (Wildman–Crippen LogP) is 9.85. The molecule has 38 heavy (non-hydrogen) atoms. The van der Waals surface area contributed by atoms with Crippen LogP contribution < -0.4 is 9.47 Å². The zero-order chi connectivity index (χ0) is 29.3. The summed E-state index contributed by atoms with van der Waals surface area (Å²) in [6, 6.07) is 9.21. The minimum Gasteiger partial charge on any atom is -0.496 e. The van der Waals surface area contributed by atoms with Gasteiger partial charge in [0.1, 0.15) is 11.5 Å². The molecule has 0 N–H and O–H groups in total. The summed E-state index contributed by atoms with van der Waals surface area (Å²) in [6.07, 6.45) is 4.14. The van der Waals surface area contributed by atoms with E-state index < -0.39 is 0 Å². The van der Waals surface area contributed by atoms with Crippen molar-refractivity contribution in [1.29, 1.82) is 0 Å². The summed E-state index contributed by atoms with van der Waals surface area (Å²) in [4.78, 5) is 5.25. The van der Waals surface area contributed by atoms with Gasteiger partial charge in [0.15, 0.2) is 0 Å². The largest absolute Gasteiger partial charge is 0.496 e. The second-order valence-electron chi connectivity index (χ2n) is 14.8. The smallest absolute Gasteiger partial charge is 0.126 e. The Morgan fingerprint density at radius 1 is 0.605 bits per heavy atom. The quantitative estimate of drug-likeness (QED) is 0.339. The van der Waals surface area contributed by atoms with Gasteiger partial charge in [-0.25, -0.2) is 0 Å². The lowest BCUT2D eigenvalue weighted by Crippen LogP contribution is -2.21. The van der Waals surface area contributed by atoms with Crippen LogP contribution in [0.25, 0.3) is 0 Å². The molecule has 0 aliphatic rings. The summed E-state index contributed by atoms with van der Waals surface area (Å²) in [5.74, 6) is 1.98. The average molecular weight is 522 g/mol. The van der Waals surface area contributed by atoms with Crippen LogP contribution in [-0.2, 0) is 21.7 Å². The first kappa shape index (κ1) is 31.9. The first-order valence-corrected chi connectivity index (χ1v) is 14.2. The average Bonchev–Trinajstić information content (AvgIpc) is 2.78. The molecule has 0 saturated carbocycles. The number of methoxy groups -OCH3 is 2. The third kappa shape index (κ3) is 7.21. The summed E-state index contributed by atoms with van der Waals surface area (Å²) in [5, 5.41) is 0. The van der Waals surface area contributed by atoms with Crippen LogP contribution in [0.15, 0.2) is 29.3 Å². The zero-order valence-electron chi connectivity index (χ0n) is 27.1. The zero-order valence-corrected chi connectivity index (χ0v) is 27.1. The molecule has 2 aromatic rings. The van der Waals surface area contributed by atoms with Crippen LogP contribution >= 0.6 is 0 Å². The lowest BCUT2D eigenvalue weighted by Gasteiger charge is -2.32. The van der Waals surface area contributed by atoms with E-state index in [1.54, 1.807) is 14.2 Å². The Kier molecular flexibility index (Phi) is 9.61. The van der Waals surface area contributed by atoms with Gasteiger partial charge in [0.2, 0.25) is 0 Å². The predicted molar refractivity (Wildman–Crippen MR) is 166 cm³/mol. The van der Waals surface area contributed by atoms with Crippen molar-refractivity contribution in [2.45, 2.75) is 131 Å². The van der Waals surface area contributed by atoms with E-state index >= 15 is 0 Å². The minimum absolute atomic E-state index is 0.0773. The maximum absolute atomic E-state index is 6.07. The van der Waals surface area contributed by atoms with Crippen molar-refractivity contribution in [2.24, 2.45) is 4.99 Å². The molecule has 0 aliphatic carbocycles. The topological polar surface area (TPSA) is 30.8 Å². The van der Waals surface area contributed by atoms with Crippen LogP contribution in [0.3, 0.4) is 0 Å². The van der Waals surface area contributed by atoms with Gasteiger partial charge in [0.05, 0.1) is 20.3 Å². The monoisotopic (exact) mass is 521 g/mol. The van der Waals surface area contributed by atoms with Crippen LogP contribution in [0.1, 0.15) is 142 Å². The maximum Gasteiger partial charge on any atom is 0.126 e. The molecule has 0 radical (unpaired) electrons. The molecular weight excluding hydrogens is 466 g/mol. The molecule has 2 rings (SSSR count). The summed E-state index contributed by atoms with van der Waals surface area (Å²) >= 11 is 0. The van der Waals surface area contributed by atoms with E-state index in [1.807, 2.05) is 0 Å². The molecule has 2 aromatic carbocycles. The Morgan fingerprint density at radius 3 is 1.11 bits per heavy atom. The van der Waals surface area contributed by atoms with Crippen molar-refractivity contribution in [3.8, 4) is 11.5 Å². The molecule has 0 saturated heterocycles. The first-order valence-electron chi connectivity index (χ1n) is 14.2. The van der Waals surface area contributed by atoms with Gasteiger partial charge < -0.3 is 9.47 Å². The molecule has 0 atom stereocenters. The van der Waals surface area contributed by atoms with Crippen molar-refractivity contribution < 1.29 is 9.47 Å². The van der Waals surface area contributed by atoms with Gasteiger partial charge >= 0.3 is 0 Å². The molecule has 212 valence electrons. The van der Waals surface area contributed by atoms with Gasteiger partial charge in [-0.05, 0) is 69.7 Å². The van der Waals surface area contributed by atoms with Crippen LogP contribution in [0.4, 0.5) is 0 Å². The van der Waals surface area contributed by atoms with E-state index in [4.69, 9.17) is 14.5 Å². The second-order valence-corrected chi connectivity index (χ2v) is 14.8. The van der Waals surface area contributed by atoms with Gasteiger partial charge in [0.25, 0.3) is 0 Å². The molecule has 0 aliphatic heterocycles. The second kappa shape index (κ2) is 11.4. The highest BCUT2D eigenvalue weighted by Crippen LogP contribution is 2.46. The lowest BCUT2D eigenvalue weighted by molar-refractivity contribution is 0.380. The third-order valence-electron chi connectivity index (χ3n) is 7.17. The number of nitrogens with zero attached hydrogens (tertiary/aromatic N) is 1. The van der Waals surface area contributed by atoms with E-state index in [0.717, 1.165) is 24.3 Å². The highest BCUT2D eigenvalue weighted by Gasteiger charge is 2.32. The Balaban J connectivity index is 3.06. The van der Waals surface area contributed by atoms with Gasteiger partial charge in [-0.3, -0.25) is 4.99 Å². The van der Waals surface area contributed by atoms with Crippen molar-refractivity contribution in [3.05, 3.63) is 57.6 Å². The number of rotatable bonds is 7. The molecule has 0 fully saturated rings. The first-order chi connectivity index (χ1) is 17.3. The van der Waals surface area contributed by atoms with E-state index in [2.05, 4.69) is 120 Å². The fraction of sp³-hybridized carbons (Fsp3) is 0.629. The Morgan fingerprint density at radius 2 is 0.895 bits per heavy atom. The van der Waals surface area contributed by atoms with Crippen LogP contribution in [0.5, 0.6) is 11.5 Å². The molecule has 3 nitrogen and oxygen atoms in total. The van der Waals surface area contributed by atoms with Crippen molar-refractivity contribution in [1.82, 2.24) is 0 Å². The van der Waals surface area contributed by atoms with Crippen LogP contribution in [0.2, 0.25) is 0 Å². The molecule has 0 spiro atoms. The Bertz CT molecular complexity index is 975. The fourth-order valence-electron chi connectivity index (χ4n) is 4.96. The number of ether oxygens (including phenoxy) is 2. The number of unbranched alkanes of at least 4 members (excludes halogenated alkanes) is 1. The molecule has 0 bridgehead atoms. The SMILES string of the molecule is CCCC=NC(c1cc(C(C)(C)C)c(OC)c(C(C)(C)C)c1)c1cc(C(C)(C)C)c(OC)c(C(C)(C)C)c1. The summed E-state index contributed by atoms with van der Waals surface area (Å²) in [7, 11) is 3.59. The fourth-order valence-corrected chi connectivity index (χ4v) is 4.96. The summed E-state index contributed by atoms with van der Waals surface area (Å²) < 4.78 is 12.1.